The molecular weight excluding hydrogens is 218 g/mol. The second kappa shape index (κ2) is 6.55. The van der Waals surface area contributed by atoms with Crippen molar-refractivity contribution in [3.63, 3.8) is 0 Å². The maximum atomic E-state index is 11.7. The number of carbonyl (C=O) groups excluding carboxylic acids is 1. The number of Topliss-reactive ketones (excluding diaryl/α,β-unsaturated/α-hetero) is 1. The molecule has 1 rings (SSSR count). The number of ether oxygens (including phenoxy) is 1. The van der Waals surface area contributed by atoms with E-state index in [4.69, 9.17) is 10.3 Å². The van der Waals surface area contributed by atoms with Crippen molar-refractivity contribution in [3.05, 3.63) is 40.3 Å². The maximum absolute atomic E-state index is 11.7. The van der Waals surface area contributed by atoms with Gasteiger partial charge in [0.2, 0.25) is 0 Å². The minimum Gasteiger partial charge on any atom is -0.493 e. The monoisotopic (exact) mass is 233 g/mol. The number of hydrogen-bond donors (Lipinski definition) is 0. The lowest BCUT2D eigenvalue weighted by Gasteiger charge is -2.06. The lowest BCUT2D eigenvalue weighted by molar-refractivity contribution is 0.0939. The molecule has 1 aromatic rings. The smallest absolute Gasteiger partial charge is 0.165 e. The molecule has 0 heterocycles. The molecule has 0 N–H and O–H groups in total. The Labute approximate surface area is 100 Å². The van der Waals surface area contributed by atoms with Crippen molar-refractivity contribution in [2.24, 2.45) is 11.0 Å². The van der Waals surface area contributed by atoms with E-state index in [0.29, 0.717) is 24.5 Å². The van der Waals surface area contributed by atoms with Crippen molar-refractivity contribution < 1.29 is 9.53 Å². The largest absolute Gasteiger partial charge is 0.493 e. The highest BCUT2D eigenvalue weighted by Gasteiger charge is 2.09. The van der Waals surface area contributed by atoms with Crippen LogP contribution in [-0.2, 0) is 0 Å². The summed E-state index contributed by atoms with van der Waals surface area (Å²) in [6, 6.07) is 6.97. The zero-order valence-electron chi connectivity index (χ0n) is 9.96. The fraction of sp³-hybridized carbons (Fsp3) is 0.417. The third-order valence-electron chi connectivity index (χ3n) is 2.19. The molecule has 0 aromatic heterocycles. The van der Waals surface area contributed by atoms with E-state index < -0.39 is 0 Å². The predicted octanol–water partition coefficient (Wildman–Crippen LogP) is 3.21. The first-order valence-corrected chi connectivity index (χ1v) is 5.43. The van der Waals surface area contributed by atoms with Gasteiger partial charge in [0.25, 0.3) is 0 Å². The number of azide groups is 1. The quantitative estimate of drug-likeness (QED) is 0.249. The molecule has 0 aliphatic carbocycles. The van der Waals surface area contributed by atoms with E-state index in [1.165, 1.54) is 0 Å². The fourth-order valence-electron chi connectivity index (χ4n) is 1.30. The number of carbonyl (C=O) groups is 1. The Bertz CT molecular complexity index is 420. The molecular formula is C12H15N3O2. The molecule has 5 heteroatoms. The van der Waals surface area contributed by atoms with Crippen molar-refractivity contribution >= 4 is 5.78 Å². The van der Waals surface area contributed by atoms with Crippen LogP contribution >= 0.6 is 0 Å². The molecule has 90 valence electrons. The molecule has 0 spiro atoms. The maximum Gasteiger partial charge on any atom is 0.165 e. The van der Waals surface area contributed by atoms with E-state index in [-0.39, 0.29) is 11.7 Å². The third-order valence-corrected chi connectivity index (χ3v) is 2.19. The number of rotatable bonds is 6. The van der Waals surface area contributed by atoms with E-state index in [9.17, 15) is 4.79 Å². The third kappa shape index (κ3) is 4.17. The summed E-state index contributed by atoms with van der Waals surface area (Å²) in [4.78, 5) is 14.3. The number of ketones is 1. The fourth-order valence-corrected chi connectivity index (χ4v) is 1.30. The van der Waals surface area contributed by atoms with Crippen LogP contribution in [0, 0.1) is 5.92 Å². The Hall–Kier alpha value is -2.00. The van der Waals surface area contributed by atoms with Gasteiger partial charge in [0.1, 0.15) is 5.75 Å². The molecule has 1 aromatic carbocycles. The minimum atomic E-state index is -0.00765. The zero-order chi connectivity index (χ0) is 12.7. The van der Waals surface area contributed by atoms with E-state index >= 15 is 0 Å². The van der Waals surface area contributed by atoms with Gasteiger partial charge >= 0.3 is 0 Å². The van der Waals surface area contributed by atoms with Crippen molar-refractivity contribution in [2.75, 3.05) is 13.2 Å². The standard InChI is InChI=1S/C12H15N3O2/c1-9(2)12(16)10-3-5-11(6-4-10)17-8-7-14-15-13/h3-6,9H,7-8H2,1-2H3. The normalized spacial score (nSPS) is 9.82. The second-order valence-electron chi connectivity index (χ2n) is 3.85. The molecule has 0 amide bonds. The van der Waals surface area contributed by atoms with Crippen LogP contribution in [0.25, 0.3) is 10.4 Å². The molecule has 0 aliphatic heterocycles. The van der Waals surface area contributed by atoms with Gasteiger partial charge in [-0.3, -0.25) is 4.79 Å². The first kappa shape index (κ1) is 13.1. The topological polar surface area (TPSA) is 75.1 Å². The average molecular weight is 233 g/mol. The van der Waals surface area contributed by atoms with Gasteiger partial charge in [-0.25, -0.2) is 0 Å². The van der Waals surface area contributed by atoms with Gasteiger partial charge in [0.05, 0.1) is 13.2 Å². The lowest BCUT2D eigenvalue weighted by Crippen LogP contribution is -2.07. The number of hydrogen-bond acceptors (Lipinski definition) is 3. The van der Waals surface area contributed by atoms with Gasteiger partial charge in [0.15, 0.2) is 5.78 Å². The Morgan fingerprint density at radius 1 is 1.41 bits per heavy atom. The van der Waals surface area contributed by atoms with Crippen LogP contribution in [-0.4, -0.2) is 18.9 Å². The number of nitrogens with zero attached hydrogens (tertiary/aromatic N) is 3. The summed E-state index contributed by atoms with van der Waals surface area (Å²) in [5.41, 5.74) is 8.76. The Kier molecular flexibility index (Phi) is 5.04. The first-order valence-electron chi connectivity index (χ1n) is 5.43. The van der Waals surface area contributed by atoms with Gasteiger partial charge in [-0.05, 0) is 29.8 Å². The van der Waals surface area contributed by atoms with Crippen molar-refractivity contribution in [1.29, 1.82) is 0 Å². The molecule has 0 radical (unpaired) electrons. The van der Waals surface area contributed by atoms with Crippen molar-refractivity contribution in [1.82, 2.24) is 0 Å². The van der Waals surface area contributed by atoms with Crippen LogP contribution in [0.1, 0.15) is 24.2 Å². The van der Waals surface area contributed by atoms with Crippen molar-refractivity contribution in [2.45, 2.75) is 13.8 Å². The summed E-state index contributed by atoms with van der Waals surface area (Å²) in [6.45, 7) is 4.37. The zero-order valence-corrected chi connectivity index (χ0v) is 9.96. The Balaban J connectivity index is 2.56. The highest BCUT2D eigenvalue weighted by Crippen LogP contribution is 2.14. The van der Waals surface area contributed by atoms with Crippen molar-refractivity contribution in [3.8, 4) is 5.75 Å². The summed E-state index contributed by atoms with van der Waals surface area (Å²) in [5.74, 6) is 0.774. The molecule has 0 saturated heterocycles. The molecule has 5 nitrogen and oxygen atoms in total. The summed E-state index contributed by atoms with van der Waals surface area (Å²) < 4.78 is 5.33. The predicted molar refractivity (Wildman–Crippen MR) is 65.1 cm³/mol. The molecule has 0 unspecified atom stereocenters. The molecule has 17 heavy (non-hydrogen) atoms. The highest BCUT2D eigenvalue weighted by atomic mass is 16.5. The van der Waals surface area contributed by atoms with Crippen LogP contribution in [0.4, 0.5) is 0 Å². The van der Waals surface area contributed by atoms with Crippen LogP contribution < -0.4 is 4.74 Å². The van der Waals surface area contributed by atoms with Crippen LogP contribution in [0.5, 0.6) is 5.75 Å². The van der Waals surface area contributed by atoms with Gasteiger partial charge in [-0.15, -0.1) is 0 Å². The van der Waals surface area contributed by atoms with Gasteiger partial charge in [-0.1, -0.05) is 19.0 Å². The Morgan fingerprint density at radius 2 is 2.06 bits per heavy atom. The van der Waals surface area contributed by atoms with E-state index in [1.54, 1.807) is 24.3 Å². The average Bonchev–Trinajstić information content (AvgIpc) is 2.34. The van der Waals surface area contributed by atoms with Crippen LogP contribution in [0.15, 0.2) is 29.4 Å². The van der Waals surface area contributed by atoms with E-state index in [2.05, 4.69) is 10.0 Å². The second-order valence-corrected chi connectivity index (χ2v) is 3.85. The molecule has 0 atom stereocenters. The first-order chi connectivity index (χ1) is 8.15. The summed E-state index contributed by atoms with van der Waals surface area (Å²) in [6.07, 6.45) is 0. The van der Waals surface area contributed by atoms with Gasteiger partial charge in [0, 0.05) is 16.4 Å². The van der Waals surface area contributed by atoms with Crippen LogP contribution in [0.2, 0.25) is 0 Å². The van der Waals surface area contributed by atoms with E-state index in [0.717, 1.165) is 0 Å². The molecule has 0 saturated carbocycles. The summed E-state index contributed by atoms with van der Waals surface area (Å²) >= 11 is 0. The van der Waals surface area contributed by atoms with Crippen LogP contribution in [0.3, 0.4) is 0 Å². The minimum absolute atomic E-state index is 0.00765. The molecule has 0 aliphatic rings. The van der Waals surface area contributed by atoms with E-state index in [1.807, 2.05) is 13.8 Å². The highest BCUT2D eigenvalue weighted by molar-refractivity contribution is 5.97. The summed E-state index contributed by atoms with van der Waals surface area (Å²) in [5, 5.41) is 3.36. The Morgan fingerprint density at radius 3 is 2.59 bits per heavy atom. The molecule has 0 bridgehead atoms. The lowest BCUT2D eigenvalue weighted by atomic mass is 10.0. The summed E-state index contributed by atoms with van der Waals surface area (Å²) in [7, 11) is 0. The molecule has 0 fully saturated rings. The van der Waals surface area contributed by atoms with Gasteiger partial charge in [-0.2, -0.15) is 0 Å². The SMILES string of the molecule is CC(C)C(=O)c1ccc(OCCN=[N+]=[N-])cc1. The van der Waals surface area contributed by atoms with Gasteiger partial charge < -0.3 is 4.74 Å². The number of benzene rings is 1.